The van der Waals surface area contributed by atoms with Crippen LogP contribution in [0.4, 0.5) is 4.79 Å². The molecule has 1 saturated heterocycles. The standard InChI is InChI=1S/C10H18BNO4/c1-9(2)10(3,4)16-11(15-9)6-5-7-12-8(13)14/h5,7,12H,6H2,1-4H3,(H,13,14). The van der Waals surface area contributed by atoms with Crippen molar-refractivity contribution in [2.24, 2.45) is 0 Å². The maximum Gasteiger partial charge on any atom is 0.461 e. The van der Waals surface area contributed by atoms with Gasteiger partial charge in [0.2, 0.25) is 0 Å². The highest BCUT2D eigenvalue weighted by atomic mass is 16.7. The number of rotatable bonds is 3. The van der Waals surface area contributed by atoms with Gasteiger partial charge in [0.05, 0.1) is 11.2 Å². The van der Waals surface area contributed by atoms with Crippen LogP contribution in [0.3, 0.4) is 0 Å². The van der Waals surface area contributed by atoms with Crippen molar-refractivity contribution in [2.75, 3.05) is 0 Å². The van der Waals surface area contributed by atoms with E-state index >= 15 is 0 Å². The van der Waals surface area contributed by atoms with Crippen LogP contribution in [0, 0.1) is 0 Å². The van der Waals surface area contributed by atoms with Crippen LogP contribution in [0.5, 0.6) is 0 Å². The monoisotopic (exact) mass is 227 g/mol. The van der Waals surface area contributed by atoms with E-state index in [1.807, 2.05) is 27.7 Å². The van der Waals surface area contributed by atoms with E-state index in [0.717, 1.165) is 0 Å². The molecule has 1 fully saturated rings. The Morgan fingerprint density at radius 1 is 1.31 bits per heavy atom. The summed E-state index contributed by atoms with van der Waals surface area (Å²) >= 11 is 0. The van der Waals surface area contributed by atoms with Gasteiger partial charge in [-0.2, -0.15) is 0 Å². The van der Waals surface area contributed by atoms with Gasteiger partial charge in [0.25, 0.3) is 0 Å². The van der Waals surface area contributed by atoms with Gasteiger partial charge in [-0.15, -0.1) is 0 Å². The van der Waals surface area contributed by atoms with Crippen molar-refractivity contribution in [3.8, 4) is 0 Å². The second-order valence-electron chi connectivity index (χ2n) is 4.77. The molecule has 1 rings (SSSR count). The first-order valence-corrected chi connectivity index (χ1v) is 5.25. The van der Waals surface area contributed by atoms with Crippen molar-refractivity contribution in [1.29, 1.82) is 0 Å². The van der Waals surface area contributed by atoms with Crippen molar-refractivity contribution in [1.82, 2.24) is 5.32 Å². The maximum absolute atomic E-state index is 10.2. The highest BCUT2D eigenvalue weighted by Crippen LogP contribution is 2.37. The van der Waals surface area contributed by atoms with Gasteiger partial charge in [0, 0.05) is 12.5 Å². The average molecular weight is 227 g/mol. The fourth-order valence-corrected chi connectivity index (χ4v) is 1.37. The molecule has 0 atom stereocenters. The van der Waals surface area contributed by atoms with Gasteiger partial charge >= 0.3 is 13.2 Å². The van der Waals surface area contributed by atoms with Crippen molar-refractivity contribution < 1.29 is 19.2 Å². The highest BCUT2D eigenvalue weighted by molar-refractivity contribution is 6.46. The van der Waals surface area contributed by atoms with E-state index < -0.39 is 6.09 Å². The molecule has 1 heterocycles. The molecule has 16 heavy (non-hydrogen) atoms. The Labute approximate surface area is 96.0 Å². The Bertz CT molecular complexity index is 285. The number of amides is 1. The molecule has 1 aliphatic rings. The van der Waals surface area contributed by atoms with E-state index in [9.17, 15) is 4.79 Å². The SMILES string of the molecule is CC1(C)OB(CC=CNC(=O)O)OC1(C)C. The lowest BCUT2D eigenvalue weighted by atomic mass is 9.85. The Morgan fingerprint density at radius 3 is 2.25 bits per heavy atom. The second kappa shape index (κ2) is 4.47. The lowest BCUT2D eigenvalue weighted by Gasteiger charge is -2.32. The van der Waals surface area contributed by atoms with Gasteiger partial charge in [-0.3, -0.25) is 5.32 Å². The van der Waals surface area contributed by atoms with Gasteiger partial charge in [0.15, 0.2) is 0 Å². The minimum Gasteiger partial charge on any atom is -0.465 e. The first kappa shape index (κ1) is 13.1. The van der Waals surface area contributed by atoms with Crippen molar-refractivity contribution >= 4 is 13.2 Å². The summed E-state index contributed by atoms with van der Waals surface area (Å²) in [6.07, 6.45) is 2.49. The summed E-state index contributed by atoms with van der Waals surface area (Å²) in [5.74, 6) is 0. The smallest absolute Gasteiger partial charge is 0.461 e. The number of hydrogen-bond donors (Lipinski definition) is 2. The largest absolute Gasteiger partial charge is 0.465 e. The quantitative estimate of drug-likeness (QED) is 0.722. The third-order valence-corrected chi connectivity index (χ3v) is 2.96. The Morgan fingerprint density at radius 2 is 1.81 bits per heavy atom. The molecule has 0 spiro atoms. The molecular weight excluding hydrogens is 209 g/mol. The average Bonchev–Trinajstić information content (AvgIpc) is 2.29. The normalized spacial score (nSPS) is 22.6. The molecule has 2 N–H and O–H groups in total. The van der Waals surface area contributed by atoms with Crippen molar-refractivity contribution in [3.63, 3.8) is 0 Å². The van der Waals surface area contributed by atoms with Gasteiger partial charge in [-0.25, -0.2) is 4.79 Å². The topological polar surface area (TPSA) is 67.8 Å². The molecule has 1 amide bonds. The van der Waals surface area contributed by atoms with Gasteiger partial charge < -0.3 is 14.4 Å². The summed E-state index contributed by atoms with van der Waals surface area (Å²) in [4.78, 5) is 10.2. The third-order valence-electron chi connectivity index (χ3n) is 2.96. The van der Waals surface area contributed by atoms with E-state index in [2.05, 4.69) is 5.32 Å². The Kier molecular flexibility index (Phi) is 3.65. The summed E-state index contributed by atoms with van der Waals surface area (Å²) in [5.41, 5.74) is -0.683. The number of hydrogen-bond acceptors (Lipinski definition) is 3. The first-order chi connectivity index (χ1) is 7.24. The zero-order valence-corrected chi connectivity index (χ0v) is 10.1. The van der Waals surface area contributed by atoms with E-state index in [4.69, 9.17) is 14.4 Å². The lowest BCUT2D eigenvalue weighted by molar-refractivity contribution is 0.00578. The summed E-state index contributed by atoms with van der Waals surface area (Å²) in [7, 11) is -0.322. The van der Waals surface area contributed by atoms with Crippen LogP contribution in [0.2, 0.25) is 6.32 Å². The van der Waals surface area contributed by atoms with Crippen LogP contribution >= 0.6 is 0 Å². The lowest BCUT2D eigenvalue weighted by Crippen LogP contribution is -2.41. The predicted octanol–water partition coefficient (Wildman–Crippen LogP) is 1.86. The van der Waals surface area contributed by atoms with Crippen LogP contribution in [-0.4, -0.2) is 29.5 Å². The molecular formula is C10H18BNO4. The molecule has 0 aromatic rings. The fourth-order valence-electron chi connectivity index (χ4n) is 1.37. The Balaban J connectivity index is 2.43. The molecule has 0 aliphatic carbocycles. The minimum atomic E-state index is -1.08. The van der Waals surface area contributed by atoms with Crippen molar-refractivity contribution in [2.45, 2.75) is 45.2 Å². The van der Waals surface area contributed by atoms with Crippen LogP contribution in [0.1, 0.15) is 27.7 Å². The molecule has 0 saturated carbocycles. The molecule has 1 aliphatic heterocycles. The fraction of sp³-hybridized carbons (Fsp3) is 0.700. The molecule has 0 aromatic heterocycles. The third kappa shape index (κ3) is 2.99. The summed E-state index contributed by atoms with van der Waals surface area (Å²) < 4.78 is 11.4. The van der Waals surface area contributed by atoms with E-state index in [-0.39, 0.29) is 18.3 Å². The van der Waals surface area contributed by atoms with Gasteiger partial charge in [-0.05, 0) is 27.7 Å². The molecule has 6 heteroatoms. The Hall–Kier alpha value is -1.01. The maximum atomic E-state index is 10.2. The first-order valence-electron chi connectivity index (χ1n) is 5.25. The zero-order chi connectivity index (χ0) is 12.4. The summed E-state index contributed by atoms with van der Waals surface area (Å²) in [6, 6.07) is 0. The second-order valence-corrected chi connectivity index (χ2v) is 4.77. The number of allylic oxidation sites excluding steroid dienone is 1. The molecule has 0 radical (unpaired) electrons. The number of nitrogens with one attached hydrogen (secondary N) is 1. The van der Waals surface area contributed by atoms with Crippen LogP contribution in [-0.2, 0) is 9.31 Å². The van der Waals surface area contributed by atoms with Crippen LogP contribution in [0.15, 0.2) is 12.3 Å². The number of carboxylic acid groups (broad SMARTS) is 1. The minimum absolute atomic E-state index is 0.322. The van der Waals surface area contributed by atoms with Crippen LogP contribution < -0.4 is 5.32 Å². The molecule has 0 bridgehead atoms. The number of carbonyl (C=O) groups is 1. The van der Waals surface area contributed by atoms with Crippen molar-refractivity contribution in [3.05, 3.63) is 12.3 Å². The van der Waals surface area contributed by atoms with Gasteiger partial charge in [-0.1, -0.05) is 6.08 Å². The summed E-state index contributed by atoms with van der Waals surface area (Å²) in [5, 5.41) is 10.5. The molecule has 0 unspecified atom stereocenters. The molecule has 0 aromatic carbocycles. The van der Waals surface area contributed by atoms with Crippen LogP contribution in [0.25, 0.3) is 0 Å². The van der Waals surface area contributed by atoms with Gasteiger partial charge in [0.1, 0.15) is 0 Å². The predicted molar refractivity (Wildman–Crippen MR) is 61.2 cm³/mol. The highest BCUT2D eigenvalue weighted by Gasteiger charge is 2.50. The van der Waals surface area contributed by atoms with E-state index in [0.29, 0.717) is 6.32 Å². The zero-order valence-electron chi connectivity index (χ0n) is 10.1. The van der Waals surface area contributed by atoms with E-state index in [1.165, 1.54) is 6.20 Å². The van der Waals surface area contributed by atoms with E-state index in [1.54, 1.807) is 6.08 Å². The molecule has 90 valence electrons. The molecule has 5 nitrogen and oxygen atoms in total. The summed E-state index contributed by atoms with van der Waals surface area (Å²) in [6.45, 7) is 7.91.